The topological polar surface area (TPSA) is 0 Å². The second-order valence-electron chi connectivity index (χ2n) is 3.74. The lowest BCUT2D eigenvalue weighted by Gasteiger charge is -2.22. The maximum absolute atomic E-state index is 3.29. The van der Waals surface area contributed by atoms with Crippen LogP contribution in [0.25, 0.3) is 0 Å². The van der Waals surface area contributed by atoms with Crippen LogP contribution in [0.2, 0.25) is 0 Å². The summed E-state index contributed by atoms with van der Waals surface area (Å²) in [6.45, 7) is 0. The summed E-state index contributed by atoms with van der Waals surface area (Å²) in [6, 6.07) is 0. The molecular weight excluding hydrogens is 168 g/mol. The van der Waals surface area contributed by atoms with Crippen LogP contribution in [0.15, 0.2) is 65.3 Å². The lowest BCUT2D eigenvalue weighted by Crippen LogP contribution is -2.07. The largest absolute Gasteiger partial charge is 0.0801 e. The smallest absolute Gasteiger partial charge is 0.0217 e. The minimum atomic E-state index is 0.440. The van der Waals surface area contributed by atoms with Crippen molar-refractivity contribution in [1.29, 1.82) is 0 Å². The van der Waals surface area contributed by atoms with Crippen LogP contribution in [-0.4, -0.2) is 0 Å². The van der Waals surface area contributed by atoms with Gasteiger partial charge in [0.15, 0.2) is 0 Å². The maximum Gasteiger partial charge on any atom is 0.0217 e. The summed E-state index contributed by atoms with van der Waals surface area (Å²) in [5.74, 6) is 0.440. The van der Waals surface area contributed by atoms with Crippen LogP contribution in [0.3, 0.4) is 0 Å². The summed E-state index contributed by atoms with van der Waals surface area (Å²) in [4.78, 5) is 0. The van der Waals surface area contributed by atoms with Gasteiger partial charge in [-0.2, -0.15) is 0 Å². The SMILES string of the molecule is [C]1=CC=CC2C=C3C=CCC=C3C=C12. The first-order chi connectivity index (χ1) is 6.93. The Bertz CT molecular complexity index is 437. The summed E-state index contributed by atoms with van der Waals surface area (Å²) in [6.07, 6.45) is 21.9. The van der Waals surface area contributed by atoms with Crippen LogP contribution in [0.5, 0.6) is 0 Å². The fourth-order valence-electron chi connectivity index (χ4n) is 2.06. The van der Waals surface area contributed by atoms with Gasteiger partial charge < -0.3 is 0 Å². The summed E-state index contributed by atoms with van der Waals surface area (Å²) < 4.78 is 0. The summed E-state index contributed by atoms with van der Waals surface area (Å²) in [5, 5.41) is 0. The molecule has 0 saturated heterocycles. The lowest BCUT2D eigenvalue weighted by molar-refractivity contribution is 0.952. The fraction of sp³-hybridized carbons (Fsp3) is 0.143. The third kappa shape index (κ3) is 1.15. The quantitative estimate of drug-likeness (QED) is 0.535. The van der Waals surface area contributed by atoms with Crippen molar-refractivity contribution >= 4 is 0 Å². The van der Waals surface area contributed by atoms with Crippen molar-refractivity contribution in [3.63, 3.8) is 0 Å². The van der Waals surface area contributed by atoms with E-state index in [0.29, 0.717) is 5.92 Å². The van der Waals surface area contributed by atoms with Crippen molar-refractivity contribution in [2.45, 2.75) is 6.42 Å². The molecule has 0 aromatic heterocycles. The van der Waals surface area contributed by atoms with Gasteiger partial charge in [0.1, 0.15) is 0 Å². The molecule has 0 aliphatic heterocycles. The average molecular weight is 179 g/mol. The van der Waals surface area contributed by atoms with Crippen LogP contribution >= 0.6 is 0 Å². The molecule has 3 aliphatic rings. The summed E-state index contributed by atoms with van der Waals surface area (Å²) in [7, 11) is 0. The number of hydrogen-bond donors (Lipinski definition) is 0. The first-order valence-corrected chi connectivity index (χ1v) is 5.00. The second kappa shape index (κ2) is 2.98. The Labute approximate surface area is 84.3 Å². The second-order valence-corrected chi connectivity index (χ2v) is 3.74. The lowest BCUT2D eigenvalue weighted by atomic mass is 9.82. The maximum atomic E-state index is 3.29. The third-order valence-electron chi connectivity index (χ3n) is 2.80. The first kappa shape index (κ1) is 7.81. The molecule has 1 radical (unpaired) electrons. The Morgan fingerprint density at radius 2 is 2.29 bits per heavy atom. The zero-order valence-corrected chi connectivity index (χ0v) is 7.90. The van der Waals surface area contributed by atoms with Crippen LogP contribution < -0.4 is 0 Å². The van der Waals surface area contributed by atoms with E-state index in [0.717, 1.165) is 6.42 Å². The summed E-state index contributed by atoms with van der Waals surface area (Å²) in [5.41, 5.74) is 4.01. The van der Waals surface area contributed by atoms with Gasteiger partial charge in [-0.15, -0.1) is 0 Å². The molecule has 0 amide bonds. The van der Waals surface area contributed by atoms with Gasteiger partial charge in [0.25, 0.3) is 0 Å². The van der Waals surface area contributed by atoms with Gasteiger partial charge in [0.05, 0.1) is 0 Å². The highest BCUT2D eigenvalue weighted by Crippen LogP contribution is 2.32. The highest BCUT2D eigenvalue weighted by molar-refractivity contribution is 5.57. The Morgan fingerprint density at radius 3 is 3.29 bits per heavy atom. The molecule has 0 spiro atoms. The zero-order chi connectivity index (χ0) is 9.38. The predicted molar refractivity (Wildman–Crippen MR) is 58.4 cm³/mol. The van der Waals surface area contributed by atoms with Crippen molar-refractivity contribution in [3.05, 3.63) is 71.4 Å². The molecule has 0 N–H and O–H groups in total. The van der Waals surface area contributed by atoms with Crippen LogP contribution in [0, 0.1) is 12.0 Å². The van der Waals surface area contributed by atoms with Crippen molar-refractivity contribution in [1.82, 2.24) is 0 Å². The number of fused-ring (bicyclic) bond motifs is 2. The number of allylic oxidation sites excluding steroid dienone is 12. The van der Waals surface area contributed by atoms with E-state index in [1.807, 2.05) is 6.08 Å². The van der Waals surface area contributed by atoms with E-state index >= 15 is 0 Å². The van der Waals surface area contributed by atoms with E-state index in [9.17, 15) is 0 Å². The van der Waals surface area contributed by atoms with Crippen LogP contribution in [-0.2, 0) is 0 Å². The Morgan fingerprint density at radius 1 is 1.29 bits per heavy atom. The van der Waals surface area contributed by atoms with Crippen molar-refractivity contribution in [3.8, 4) is 0 Å². The molecule has 1 atom stereocenters. The van der Waals surface area contributed by atoms with Crippen LogP contribution in [0.4, 0.5) is 0 Å². The van der Waals surface area contributed by atoms with E-state index in [4.69, 9.17) is 0 Å². The molecule has 3 rings (SSSR count). The Hall–Kier alpha value is -1.56. The Balaban J connectivity index is 2.08. The minimum absolute atomic E-state index is 0.440. The molecule has 0 nitrogen and oxygen atoms in total. The van der Waals surface area contributed by atoms with E-state index < -0.39 is 0 Å². The van der Waals surface area contributed by atoms with Crippen molar-refractivity contribution < 1.29 is 0 Å². The highest BCUT2D eigenvalue weighted by Gasteiger charge is 2.17. The molecule has 0 heteroatoms. The molecule has 0 fully saturated rings. The molecule has 1 unspecified atom stereocenters. The molecule has 67 valence electrons. The van der Waals surface area contributed by atoms with E-state index in [2.05, 4.69) is 48.6 Å². The monoisotopic (exact) mass is 179 g/mol. The van der Waals surface area contributed by atoms with Crippen LogP contribution in [0.1, 0.15) is 6.42 Å². The van der Waals surface area contributed by atoms with Crippen molar-refractivity contribution in [2.75, 3.05) is 0 Å². The summed E-state index contributed by atoms with van der Waals surface area (Å²) >= 11 is 0. The predicted octanol–water partition coefficient (Wildman–Crippen LogP) is 3.28. The molecular formula is C14H11. The molecule has 14 heavy (non-hydrogen) atoms. The van der Waals surface area contributed by atoms with Crippen molar-refractivity contribution in [2.24, 2.45) is 5.92 Å². The van der Waals surface area contributed by atoms with Gasteiger partial charge in [-0.25, -0.2) is 0 Å². The van der Waals surface area contributed by atoms with Gasteiger partial charge in [-0.1, -0.05) is 42.5 Å². The first-order valence-electron chi connectivity index (χ1n) is 5.00. The Kier molecular flexibility index (Phi) is 1.66. The highest BCUT2D eigenvalue weighted by atomic mass is 14.2. The van der Waals surface area contributed by atoms with Gasteiger partial charge in [-0.3, -0.25) is 0 Å². The molecule has 0 bridgehead atoms. The number of hydrogen-bond acceptors (Lipinski definition) is 0. The fourth-order valence-corrected chi connectivity index (χ4v) is 2.06. The van der Waals surface area contributed by atoms with Gasteiger partial charge >= 0.3 is 0 Å². The van der Waals surface area contributed by atoms with Gasteiger partial charge in [0.2, 0.25) is 0 Å². The van der Waals surface area contributed by atoms with E-state index in [1.165, 1.54) is 16.7 Å². The van der Waals surface area contributed by atoms with Gasteiger partial charge in [-0.05, 0) is 35.3 Å². The molecule has 0 aromatic carbocycles. The minimum Gasteiger partial charge on any atom is -0.0801 e. The van der Waals surface area contributed by atoms with E-state index in [1.54, 1.807) is 0 Å². The van der Waals surface area contributed by atoms with E-state index in [-0.39, 0.29) is 0 Å². The molecule has 0 heterocycles. The molecule has 3 aliphatic carbocycles. The number of rotatable bonds is 0. The average Bonchev–Trinajstić information content (AvgIpc) is 2.26. The standard InChI is InChI=1S/C14H11/c1-2-6-12-10-14-8-4-3-7-13(14)9-11(12)5-1/h1-3,5,7-11H,4H2. The third-order valence-corrected chi connectivity index (χ3v) is 2.80. The molecule has 0 saturated carbocycles. The zero-order valence-electron chi connectivity index (χ0n) is 7.90. The normalized spacial score (nSPS) is 27.4. The molecule has 0 aromatic rings. The van der Waals surface area contributed by atoms with Gasteiger partial charge in [0, 0.05) is 5.92 Å².